The summed E-state index contributed by atoms with van der Waals surface area (Å²) in [6.45, 7) is 6.62. The number of thioether (sulfide) groups is 1. The highest BCUT2D eigenvalue weighted by Crippen LogP contribution is 2.17. The average Bonchev–Trinajstić information content (AvgIpc) is 0.858. The van der Waals surface area contributed by atoms with Crippen LogP contribution in [-0.2, 0) is 64.0 Å². The number of aliphatic imine (C=N–C) groups is 1. The zero-order valence-corrected chi connectivity index (χ0v) is 63.3. The number of benzene rings is 1. The van der Waals surface area contributed by atoms with E-state index in [4.69, 9.17) is 34.4 Å². The highest BCUT2D eigenvalue weighted by atomic mass is 32.2. The van der Waals surface area contributed by atoms with Crippen LogP contribution in [0.25, 0.3) is 0 Å². The van der Waals surface area contributed by atoms with Crippen LogP contribution in [0.2, 0.25) is 0 Å². The molecule has 1 aromatic rings. The highest BCUT2D eigenvalue weighted by Gasteiger charge is 2.38. The third kappa shape index (κ3) is 42.7. The molecule has 34 heteroatoms. The fourth-order valence-corrected chi connectivity index (χ4v) is 11.8. The molecule has 0 saturated heterocycles. The maximum atomic E-state index is 14.5. The number of aliphatic carboxylic acids is 1. The van der Waals surface area contributed by atoms with Crippen LogP contribution >= 0.6 is 11.8 Å². The van der Waals surface area contributed by atoms with Crippen LogP contribution in [0.15, 0.2) is 29.3 Å². The van der Waals surface area contributed by atoms with E-state index in [1.807, 2.05) is 0 Å². The Labute approximate surface area is 623 Å². The van der Waals surface area contributed by atoms with Crippen molar-refractivity contribution in [2.75, 3.05) is 44.8 Å². The molecule has 11 atom stereocenters. The Morgan fingerprint density at radius 1 is 0.457 bits per heavy atom. The minimum atomic E-state index is -1.95. The SMILES string of the molecule is CCCCCCCCCCCCCCCC(=O)N[C@@H](CCCCN)C(=O)N[C@@H](CCCCN)C(=O)N[C@@H](CC(C)C)C(=O)N[C@@H](CCCN=C(N)N)C(=O)N[C@@H](CO)C(=O)N[C@@H](CCSC)C(=O)N[C@H](C(=O)N[C@@H](CC(=O)O)C(=O)N[C@@H](CCCCN)C(=O)N[C@@H](Cc1ccc(O)cc1)C(N)=O)[C@@H](C)O. The molecule has 0 aliphatic rings. The van der Waals surface area contributed by atoms with Crippen molar-refractivity contribution in [1.29, 1.82) is 0 Å². The van der Waals surface area contributed by atoms with E-state index < -0.39 is 145 Å². The minimum Gasteiger partial charge on any atom is -0.508 e. The first-order chi connectivity index (χ1) is 50.0. The highest BCUT2D eigenvalue weighted by molar-refractivity contribution is 7.98. The number of aliphatic hydroxyl groups excluding tert-OH is 2. The first-order valence-corrected chi connectivity index (χ1v) is 38.7. The quantitative estimate of drug-likeness (QED) is 0.0229. The van der Waals surface area contributed by atoms with Gasteiger partial charge in [0.2, 0.25) is 65.0 Å². The van der Waals surface area contributed by atoms with E-state index in [1.54, 1.807) is 20.1 Å². The van der Waals surface area contributed by atoms with Crippen molar-refractivity contribution in [3.8, 4) is 5.75 Å². The zero-order valence-electron chi connectivity index (χ0n) is 62.5. The largest absolute Gasteiger partial charge is 0.508 e. The molecule has 1 rings (SSSR count). The molecule has 26 N–H and O–H groups in total. The van der Waals surface area contributed by atoms with Crippen molar-refractivity contribution in [2.24, 2.45) is 45.3 Å². The van der Waals surface area contributed by atoms with Crippen LogP contribution in [0.5, 0.6) is 5.75 Å². The van der Waals surface area contributed by atoms with Gasteiger partial charge in [-0.2, -0.15) is 11.8 Å². The number of carboxylic acids is 1. The molecular weight excluding hydrogens is 1380 g/mol. The number of amides is 11. The molecule has 0 aliphatic heterocycles. The Bertz CT molecular complexity index is 2800. The summed E-state index contributed by atoms with van der Waals surface area (Å²) in [6.07, 6.45) is 16.5. The van der Waals surface area contributed by atoms with Gasteiger partial charge in [-0.05, 0) is 152 Å². The van der Waals surface area contributed by atoms with Crippen LogP contribution in [0.4, 0.5) is 0 Å². The van der Waals surface area contributed by atoms with Gasteiger partial charge in [-0.3, -0.25) is 62.5 Å². The molecule has 598 valence electrons. The van der Waals surface area contributed by atoms with Crippen molar-refractivity contribution < 1.29 is 78.0 Å². The lowest BCUT2D eigenvalue weighted by Gasteiger charge is -2.29. The molecular formula is C71H127N17O16S. The second kappa shape index (κ2) is 56.4. The molecule has 33 nitrogen and oxygen atoms in total. The lowest BCUT2D eigenvalue weighted by atomic mass is 10.0. The molecule has 0 bridgehead atoms. The molecule has 0 unspecified atom stereocenters. The molecule has 0 radical (unpaired) electrons. The number of primary amides is 1. The second-order valence-electron chi connectivity index (χ2n) is 27.1. The second-order valence-corrected chi connectivity index (χ2v) is 28.1. The van der Waals surface area contributed by atoms with Crippen molar-refractivity contribution in [1.82, 2.24) is 53.2 Å². The number of carbonyl (C=O) groups excluding carboxylic acids is 11. The van der Waals surface area contributed by atoms with Crippen LogP contribution in [-0.4, -0.2) is 209 Å². The van der Waals surface area contributed by atoms with E-state index in [1.165, 1.54) is 87.4 Å². The number of guanidine groups is 1. The first kappa shape index (κ1) is 95.1. The summed E-state index contributed by atoms with van der Waals surface area (Å²) in [7, 11) is 0. The number of rotatable bonds is 61. The van der Waals surface area contributed by atoms with E-state index in [2.05, 4.69) is 65.1 Å². The van der Waals surface area contributed by atoms with Gasteiger partial charge in [-0.1, -0.05) is 110 Å². The van der Waals surface area contributed by atoms with Gasteiger partial charge in [0.15, 0.2) is 5.96 Å². The number of hydrogen-bond donors (Lipinski definition) is 20. The Kier molecular flexibility index (Phi) is 51.1. The molecule has 0 heterocycles. The summed E-state index contributed by atoms with van der Waals surface area (Å²) < 4.78 is 0. The van der Waals surface area contributed by atoms with Crippen molar-refractivity contribution in [3.63, 3.8) is 0 Å². The number of aliphatic hydroxyl groups is 2. The number of nitrogens with two attached hydrogens (primary N) is 6. The average molecular weight is 1510 g/mol. The monoisotopic (exact) mass is 1510 g/mol. The van der Waals surface area contributed by atoms with E-state index in [9.17, 15) is 78.0 Å². The molecule has 105 heavy (non-hydrogen) atoms. The van der Waals surface area contributed by atoms with E-state index in [0.717, 1.165) is 32.6 Å². The Morgan fingerprint density at radius 2 is 0.838 bits per heavy atom. The third-order valence-electron chi connectivity index (χ3n) is 17.4. The van der Waals surface area contributed by atoms with Crippen LogP contribution in [0.3, 0.4) is 0 Å². The summed E-state index contributed by atoms with van der Waals surface area (Å²) in [6, 6.07) is -9.34. The number of carboxylic acid groups (broad SMARTS) is 1. The normalized spacial score (nSPS) is 14.4. The van der Waals surface area contributed by atoms with Gasteiger partial charge >= 0.3 is 5.97 Å². The molecule has 1 aromatic carbocycles. The number of phenols is 1. The Balaban J connectivity index is 3.44. The van der Waals surface area contributed by atoms with Gasteiger partial charge in [0, 0.05) is 19.4 Å². The maximum Gasteiger partial charge on any atom is 0.305 e. The predicted octanol–water partition coefficient (Wildman–Crippen LogP) is -0.163. The number of nitrogens with zero attached hydrogens (tertiary/aromatic N) is 1. The maximum absolute atomic E-state index is 14.5. The van der Waals surface area contributed by atoms with Crippen LogP contribution in [0, 0.1) is 5.92 Å². The van der Waals surface area contributed by atoms with Gasteiger partial charge in [0.1, 0.15) is 66.2 Å². The zero-order chi connectivity index (χ0) is 78.7. The number of carbonyl (C=O) groups is 12. The predicted molar refractivity (Wildman–Crippen MR) is 403 cm³/mol. The Hall–Kier alpha value is -7.92. The number of phenolic OH excluding ortho intramolecular Hbond substituents is 1. The van der Waals surface area contributed by atoms with Crippen LogP contribution < -0.4 is 87.6 Å². The lowest BCUT2D eigenvalue weighted by molar-refractivity contribution is -0.142. The molecule has 0 aliphatic carbocycles. The molecule has 0 spiro atoms. The van der Waals surface area contributed by atoms with Gasteiger partial charge in [0.05, 0.1) is 19.1 Å². The smallest absolute Gasteiger partial charge is 0.305 e. The van der Waals surface area contributed by atoms with E-state index in [0.29, 0.717) is 50.6 Å². The molecule has 0 fully saturated rings. The molecule has 0 saturated carbocycles. The van der Waals surface area contributed by atoms with Crippen molar-refractivity contribution >= 4 is 88.7 Å². The number of nitrogens with one attached hydrogen (secondary N) is 10. The third-order valence-corrected chi connectivity index (χ3v) is 18.0. The van der Waals surface area contributed by atoms with Gasteiger partial charge in [-0.25, -0.2) is 0 Å². The number of aromatic hydroxyl groups is 1. The number of unbranched alkanes of at least 4 members (excludes halogenated alkanes) is 15. The standard InChI is InChI=1S/C71H127N17O16S/c1-6-7-8-9-10-11-12-13-14-15-16-17-18-30-58(92)79-49(26-19-22-36-72)62(96)80-51(28-21-24-38-74)64(98)85-55(41-45(2)3)67(101)82-52(29-25-39-78-71(76)77)65(99)87-57(44-89)69(103)83-53(35-40-105-5)66(100)88-60(46(4)90)70(104)86-56(43-59(93)94)68(102)81-50(27-20-23-37-73)63(97)84-54(61(75)95)42-47-31-33-48(91)34-32-47/h31-34,45-46,49-57,60,89-91H,6-30,35-44,72-74H2,1-5H3,(H2,75,95)(H,79,92)(H,80,96)(H,81,102)(H,82,101)(H,83,103)(H,84,97)(H,85,98)(H,86,104)(H,87,99)(H,88,100)(H,93,94)(H4,76,77,78)/t46-,49+,50+,51+,52+,53+,54+,55+,56+,57+,60+/m1/s1. The lowest BCUT2D eigenvalue weighted by Crippen LogP contribution is -2.62. The van der Waals surface area contributed by atoms with Gasteiger partial charge in [0.25, 0.3) is 0 Å². The van der Waals surface area contributed by atoms with Gasteiger partial charge < -0.3 is 108 Å². The van der Waals surface area contributed by atoms with Crippen molar-refractivity contribution in [3.05, 3.63) is 29.8 Å². The van der Waals surface area contributed by atoms with E-state index in [-0.39, 0.29) is 113 Å². The molecule has 11 amide bonds. The Morgan fingerprint density at radius 3 is 1.26 bits per heavy atom. The van der Waals surface area contributed by atoms with Gasteiger partial charge in [-0.15, -0.1) is 0 Å². The summed E-state index contributed by atoms with van der Waals surface area (Å²) in [5, 5.41) is 66.5. The summed E-state index contributed by atoms with van der Waals surface area (Å²) in [5.41, 5.74) is 34.6. The fraction of sp³-hybridized carbons (Fsp3) is 0.732. The first-order valence-electron chi connectivity index (χ1n) is 37.3. The summed E-state index contributed by atoms with van der Waals surface area (Å²) >= 11 is 1.24. The molecule has 0 aromatic heterocycles. The van der Waals surface area contributed by atoms with Crippen LogP contribution in [0.1, 0.15) is 213 Å². The minimum absolute atomic E-state index is 0.0279. The van der Waals surface area contributed by atoms with E-state index >= 15 is 0 Å². The number of hydrogen-bond acceptors (Lipinski definition) is 20. The van der Waals surface area contributed by atoms with Crippen molar-refractivity contribution in [2.45, 2.75) is 280 Å². The fourth-order valence-electron chi connectivity index (χ4n) is 11.3. The summed E-state index contributed by atoms with van der Waals surface area (Å²) in [4.78, 5) is 169. The topological polar surface area (TPSA) is 575 Å². The summed E-state index contributed by atoms with van der Waals surface area (Å²) in [5.74, 6) is -12.0.